The maximum absolute atomic E-state index is 2.45. The van der Waals surface area contributed by atoms with Crippen LogP contribution in [0.25, 0.3) is 0 Å². The summed E-state index contributed by atoms with van der Waals surface area (Å²) in [5, 5.41) is 0. The third-order valence-electron chi connectivity index (χ3n) is 4.89. The second-order valence-electron chi connectivity index (χ2n) is 6.36. The van der Waals surface area contributed by atoms with Gasteiger partial charge in [-0.15, -0.1) is 0 Å². The van der Waals surface area contributed by atoms with Crippen LogP contribution >= 0.6 is 0 Å². The molecule has 0 spiro atoms. The summed E-state index contributed by atoms with van der Waals surface area (Å²) in [6.45, 7) is 9.60. The van der Waals surface area contributed by atoms with Gasteiger partial charge in [-0.1, -0.05) is 72.6 Å². The summed E-state index contributed by atoms with van der Waals surface area (Å²) in [5.41, 5.74) is 0. The summed E-state index contributed by atoms with van der Waals surface area (Å²) in [5.74, 6) is 4.06. The molecule has 0 aliphatic heterocycles. The minimum absolute atomic E-state index is 0.972. The van der Waals surface area contributed by atoms with Crippen molar-refractivity contribution in [3.05, 3.63) is 0 Å². The van der Waals surface area contributed by atoms with Crippen molar-refractivity contribution in [3.8, 4) is 0 Å². The molecule has 1 fully saturated rings. The van der Waals surface area contributed by atoms with Crippen molar-refractivity contribution in [1.82, 2.24) is 0 Å². The number of hydrogen-bond donors (Lipinski definition) is 0. The number of hydrogen-bond acceptors (Lipinski definition) is 0. The molecular weight excluding hydrogens is 192 g/mol. The zero-order chi connectivity index (χ0) is 12.0. The first-order valence-corrected chi connectivity index (χ1v) is 7.65. The minimum Gasteiger partial charge on any atom is -0.0654 e. The van der Waals surface area contributed by atoms with Crippen LogP contribution in [0.3, 0.4) is 0 Å². The maximum atomic E-state index is 2.45. The summed E-state index contributed by atoms with van der Waals surface area (Å²) in [6.07, 6.45) is 11.7. The van der Waals surface area contributed by atoms with Crippen LogP contribution in [0.4, 0.5) is 0 Å². The Kier molecular flexibility index (Phi) is 6.46. The summed E-state index contributed by atoms with van der Waals surface area (Å²) >= 11 is 0. The SMILES string of the molecule is CCCCCC(C)CCCC1CC(C)C1C. The second-order valence-corrected chi connectivity index (χ2v) is 6.36. The van der Waals surface area contributed by atoms with Gasteiger partial charge in [0.15, 0.2) is 0 Å². The fourth-order valence-corrected chi connectivity index (χ4v) is 3.17. The van der Waals surface area contributed by atoms with Crippen LogP contribution in [0.1, 0.15) is 79.1 Å². The van der Waals surface area contributed by atoms with Crippen molar-refractivity contribution >= 4 is 0 Å². The lowest BCUT2D eigenvalue weighted by atomic mass is 9.65. The van der Waals surface area contributed by atoms with E-state index in [0.29, 0.717) is 0 Å². The summed E-state index contributed by atoms with van der Waals surface area (Å²) < 4.78 is 0. The third kappa shape index (κ3) is 4.47. The molecule has 0 aromatic rings. The zero-order valence-electron chi connectivity index (χ0n) is 12.0. The average molecular weight is 224 g/mol. The van der Waals surface area contributed by atoms with Crippen LogP contribution in [-0.4, -0.2) is 0 Å². The van der Waals surface area contributed by atoms with Crippen LogP contribution in [0, 0.1) is 23.7 Å². The van der Waals surface area contributed by atoms with Gasteiger partial charge in [-0.25, -0.2) is 0 Å². The van der Waals surface area contributed by atoms with Crippen molar-refractivity contribution < 1.29 is 0 Å². The fourth-order valence-electron chi connectivity index (χ4n) is 3.17. The van der Waals surface area contributed by atoms with Crippen molar-refractivity contribution in [2.45, 2.75) is 79.1 Å². The van der Waals surface area contributed by atoms with E-state index in [-0.39, 0.29) is 0 Å². The van der Waals surface area contributed by atoms with Crippen LogP contribution in [-0.2, 0) is 0 Å². The Labute approximate surface area is 103 Å². The fraction of sp³-hybridized carbons (Fsp3) is 1.00. The maximum Gasteiger partial charge on any atom is -0.0383 e. The number of unbranched alkanes of at least 4 members (excludes halogenated alkanes) is 2. The molecule has 0 heterocycles. The lowest BCUT2D eigenvalue weighted by Crippen LogP contribution is -2.32. The third-order valence-corrected chi connectivity index (χ3v) is 4.89. The van der Waals surface area contributed by atoms with Crippen molar-refractivity contribution in [3.63, 3.8) is 0 Å². The monoisotopic (exact) mass is 224 g/mol. The molecule has 1 aliphatic carbocycles. The molecule has 4 unspecified atom stereocenters. The standard InChI is InChI=1S/C16H32/c1-5-6-7-9-13(2)10-8-11-16-12-14(3)15(16)4/h13-16H,5-12H2,1-4H3. The topological polar surface area (TPSA) is 0 Å². The van der Waals surface area contributed by atoms with Gasteiger partial charge in [0.25, 0.3) is 0 Å². The lowest BCUT2D eigenvalue weighted by molar-refractivity contribution is 0.0913. The van der Waals surface area contributed by atoms with Crippen molar-refractivity contribution in [2.24, 2.45) is 23.7 Å². The predicted octanol–water partition coefficient (Wildman–Crippen LogP) is 5.67. The van der Waals surface area contributed by atoms with Gasteiger partial charge in [-0.05, 0) is 30.1 Å². The minimum atomic E-state index is 0.972. The highest BCUT2D eigenvalue weighted by Gasteiger charge is 2.33. The van der Waals surface area contributed by atoms with E-state index in [0.717, 1.165) is 23.7 Å². The van der Waals surface area contributed by atoms with Gasteiger partial charge in [-0.3, -0.25) is 0 Å². The molecule has 0 amide bonds. The Morgan fingerprint density at radius 3 is 2.31 bits per heavy atom. The van der Waals surface area contributed by atoms with Gasteiger partial charge in [-0.2, -0.15) is 0 Å². The van der Waals surface area contributed by atoms with Crippen LogP contribution < -0.4 is 0 Å². The van der Waals surface area contributed by atoms with Crippen LogP contribution in [0.2, 0.25) is 0 Å². The molecule has 0 nitrogen and oxygen atoms in total. The molecule has 0 aromatic carbocycles. The molecule has 0 heteroatoms. The van der Waals surface area contributed by atoms with E-state index in [9.17, 15) is 0 Å². The molecule has 1 aliphatic rings. The predicted molar refractivity (Wildman–Crippen MR) is 73.6 cm³/mol. The molecule has 0 aromatic heterocycles. The largest absolute Gasteiger partial charge is 0.0654 e. The summed E-state index contributed by atoms with van der Waals surface area (Å²) in [6, 6.07) is 0. The second kappa shape index (κ2) is 7.35. The zero-order valence-corrected chi connectivity index (χ0v) is 12.0. The van der Waals surface area contributed by atoms with E-state index in [1.165, 1.54) is 51.4 Å². The molecule has 16 heavy (non-hydrogen) atoms. The van der Waals surface area contributed by atoms with E-state index in [1.54, 1.807) is 0 Å². The van der Waals surface area contributed by atoms with Gasteiger partial charge in [0, 0.05) is 0 Å². The van der Waals surface area contributed by atoms with E-state index in [1.807, 2.05) is 0 Å². The highest BCUT2D eigenvalue weighted by molar-refractivity contribution is 4.83. The van der Waals surface area contributed by atoms with Crippen LogP contribution in [0.15, 0.2) is 0 Å². The normalized spacial score (nSPS) is 31.1. The molecule has 0 bridgehead atoms. The van der Waals surface area contributed by atoms with Gasteiger partial charge in [0.1, 0.15) is 0 Å². The average Bonchev–Trinajstić information content (AvgIpc) is 2.28. The van der Waals surface area contributed by atoms with E-state index < -0.39 is 0 Å². The molecule has 4 atom stereocenters. The highest BCUT2D eigenvalue weighted by Crippen LogP contribution is 2.42. The van der Waals surface area contributed by atoms with Crippen molar-refractivity contribution in [1.29, 1.82) is 0 Å². The van der Waals surface area contributed by atoms with Crippen LogP contribution in [0.5, 0.6) is 0 Å². The molecule has 1 saturated carbocycles. The highest BCUT2D eigenvalue weighted by atomic mass is 14.4. The van der Waals surface area contributed by atoms with Gasteiger partial charge >= 0.3 is 0 Å². The Morgan fingerprint density at radius 1 is 1.06 bits per heavy atom. The van der Waals surface area contributed by atoms with E-state index in [2.05, 4.69) is 27.7 Å². The van der Waals surface area contributed by atoms with Gasteiger partial charge in [0.05, 0.1) is 0 Å². The molecule has 1 rings (SSSR count). The molecule has 0 saturated heterocycles. The van der Waals surface area contributed by atoms with Gasteiger partial charge < -0.3 is 0 Å². The molecular formula is C16H32. The van der Waals surface area contributed by atoms with E-state index >= 15 is 0 Å². The van der Waals surface area contributed by atoms with Gasteiger partial charge in [0.2, 0.25) is 0 Å². The lowest BCUT2D eigenvalue weighted by Gasteiger charge is -2.41. The Balaban J connectivity index is 1.94. The smallest absolute Gasteiger partial charge is 0.0383 e. The first kappa shape index (κ1) is 14.1. The first-order valence-electron chi connectivity index (χ1n) is 7.65. The first-order chi connectivity index (χ1) is 7.65. The Bertz CT molecular complexity index is 173. The molecule has 96 valence electrons. The Hall–Kier alpha value is 0. The Morgan fingerprint density at radius 2 is 1.75 bits per heavy atom. The number of rotatable bonds is 8. The summed E-state index contributed by atoms with van der Waals surface area (Å²) in [4.78, 5) is 0. The summed E-state index contributed by atoms with van der Waals surface area (Å²) in [7, 11) is 0. The van der Waals surface area contributed by atoms with Crippen molar-refractivity contribution in [2.75, 3.05) is 0 Å². The molecule has 0 radical (unpaired) electrons. The quantitative estimate of drug-likeness (QED) is 0.466. The molecule has 0 N–H and O–H groups in total. The van der Waals surface area contributed by atoms with E-state index in [4.69, 9.17) is 0 Å².